The number of halogens is 1. The van der Waals surface area contributed by atoms with Crippen molar-refractivity contribution in [3.63, 3.8) is 0 Å². The average molecular weight is 446 g/mol. The van der Waals surface area contributed by atoms with Gasteiger partial charge >= 0.3 is 0 Å². The lowest BCUT2D eigenvalue weighted by Crippen LogP contribution is -2.23. The number of rotatable bonds is 5. The van der Waals surface area contributed by atoms with Crippen molar-refractivity contribution in [2.75, 3.05) is 0 Å². The van der Waals surface area contributed by atoms with Gasteiger partial charge in [0, 0.05) is 10.6 Å². The Hall–Kier alpha value is -3.48. The molecule has 0 radical (unpaired) electrons. The number of nitrogens with zero attached hydrogens (tertiary/aromatic N) is 3. The second-order valence-corrected chi connectivity index (χ2v) is 8.34. The van der Waals surface area contributed by atoms with E-state index in [1.165, 1.54) is 15.9 Å². The molecule has 0 atom stereocenters. The highest BCUT2D eigenvalue weighted by Gasteiger charge is 2.12. The van der Waals surface area contributed by atoms with Crippen LogP contribution >= 0.6 is 22.9 Å². The van der Waals surface area contributed by atoms with Gasteiger partial charge in [0.1, 0.15) is 12.4 Å². The molecular formula is C24H16ClN3O2S. The second kappa shape index (κ2) is 8.34. The van der Waals surface area contributed by atoms with Gasteiger partial charge in [-0.05, 0) is 53.6 Å². The van der Waals surface area contributed by atoms with Gasteiger partial charge in [0.25, 0.3) is 5.56 Å². The molecular weight excluding hydrogens is 430 g/mol. The Bertz CT molecular complexity index is 1440. The minimum atomic E-state index is -0.183. The highest BCUT2D eigenvalue weighted by molar-refractivity contribution is 7.15. The molecule has 0 spiro atoms. The van der Waals surface area contributed by atoms with Crippen LogP contribution in [-0.4, -0.2) is 14.6 Å². The van der Waals surface area contributed by atoms with Crippen LogP contribution in [0.3, 0.4) is 0 Å². The van der Waals surface area contributed by atoms with E-state index < -0.39 is 0 Å². The number of hydrogen-bond donors (Lipinski definition) is 0. The minimum absolute atomic E-state index is 0.183. The van der Waals surface area contributed by atoms with E-state index in [9.17, 15) is 4.79 Å². The maximum atomic E-state index is 12.8. The first-order chi connectivity index (χ1) is 15.2. The number of thiazole rings is 1. The second-order valence-electron chi connectivity index (χ2n) is 6.90. The number of aromatic nitrogens is 3. The Morgan fingerprint density at radius 3 is 2.42 bits per heavy atom. The Morgan fingerprint density at radius 2 is 1.71 bits per heavy atom. The molecule has 2 aromatic heterocycles. The molecule has 0 unspecified atom stereocenters. The highest BCUT2D eigenvalue weighted by atomic mass is 35.5. The summed E-state index contributed by atoms with van der Waals surface area (Å²) in [6.07, 6.45) is 1.84. The molecule has 0 aliphatic rings. The molecule has 0 fully saturated rings. The fraction of sp³-hybridized carbons (Fsp3) is 0.0417. The molecule has 31 heavy (non-hydrogen) atoms. The molecule has 5 aromatic rings. The molecule has 0 amide bonds. The summed E-state index contributed by atoms with van der Waals surface area (Å²) in [5, 5.41) is 5.00. The SMILES string of the molecule is O=c1c(=Cc2ccc(OCc3ccccc3)cc2)sc2nc(-c3ccc(Cl)cc3)nn12. The van der Waals surface area contributed by atoms with Crippen molar-refractivity contribution in [3.05, 3.63) is 110 Å². The van der Waals surface area contributed by atoms with E-state index in [0.29, 0.717) is 26.9 Å². The molecule has 7 heteroatoms. The van der Waals surface area contributed by atoms with Crippen LogP contribution in [0.15, 0.2) is 83.7 Å². The van der Waals surface area contributed by atoms with E-state index in [-0.39, 0.29) is 5.56 Å². The number of fused-ring (bicyclic) bond motifs is 1. The maximum Gasteiger partial charge on any atom is 0.291 e. The van der Waals surface area contributed by atoms with Gasteiger partial charge in [-0.2, -0.15) is 9.50 Å². The average Bonchev–Trinajstić information content (AvgIpc) is 3.34. The van der Waals surface area contributed by atoms with E-state index in [0.717, 1.165) is 22.4 Å². The van der Waals surface area contributed by atoms with Crippen LogP contribution in [0.2, 0.25) is 5.02 Å². The first kappa shape index (κ1) is 19.5. The molecule has 0 bridgehead atoms. The highest BCUT2D eigenvalue weighted by Crippen LogP contribution is 2.19. The van der Waals surface area contributed by atoms with Crippen molar-refractivity contribution in [3.8, 4) is 17.1 Å². The zero-order valence-electron chi connectivity index (χ0n) is 16.2. The van der Waals surface area contributed by atoms with Crippen molar-refractivity contribution >= 4 is 34.0 Å². The first-order valence-electron chi connectivity index (χ1n) is 9.60. The fourth-order valence-electron chi connectivity index (χ4n) is 3.11. The third-order valence-corrected chi connectivity index (χ3v) is 5.92. The lowest BCUT2D eigenvalue weighted by Gasteiger charge is -2.06. The van der Waals surface area contributed by atoms with Crippen molar-refractivity contribution in [1.82, 2.24) is 14.6 Å². The molecule has 5 rings (SSSR count). The summed E-state index contributed by atoms with van der Waals surface area (Å²) in [6.45, 7) is 0.512. The van der Waals surface area contributed by atoms with Crippen LogP contribution in [0.1, 0.15) is 11.1 Å². The maximum absolute atomic E-state index is 12.8. The summed E-state index contributed by atoms with van der Waals surface area (Å²) in [7, 11) is 0. The van der Waals surface area contributed by atoms with E-state index in [2.05, 4.69) is 10.1 Å². The fourth-order valence-corrected chi connectivity index (χ4v) is 4.14. The Balaban J connectivity index is 1.37. The quantitative estimate of drug-likeness (QED) is 0.397. The summed E-state index contributed by atoms with van der Waals surface area (Å²) < 4.78 is 7.74. The molecule has 0 saturated heterocycles. The monoisotopic (exact) mass is 445 g/mol. The third-order valence-electron chi connectivity index (χ3n) is 4.71. The smallest absolute Gasteiger partial charge is 0.291 e. The van der Waals surface area contributed by atoms with Gasteiger partial charge < -0.3 is 4.74 Å². The van der Waals surface area contributed by atoms with E-state index in [4.69, 9.17) is 16.3 Å². The van der Waals surface area contributed by atoms with Crippen LogP contribution in [0.4, 0.5) is 0 Å². The zero-order valence-corrected chi connectivity index (χ0v) is 17.8. The Labute approximate surface area is 186 Å². The van der Waals surface area contributed by atoms with Crippen molar-refractivity contribution in [1.29, 1.82) is 0 Å². The standard InChI is InChI=1S/C24H16ClN3O2S/c25-19-10-8-18(9-11-19)22-26-24-28(27-22)23(29)21(31-24)14-16-6-12-20(13-7-16)30-15-17-4-2-1-3-5-17/h1-14H,15H2. The van der Waals surface area contributed by atoms with Crippen molar-refractivity contribution in [2.24, 2.45) is 0 Å². The van der Waals surface area contributed by atoms with Crippen LogP contribution in [0.25, 0.3) is 22.4 Å². The van der Waals surface area contributed by atoms with Gasteiger partial charge in [0.2, 0.25) is 4.96 Å². The van der Waals surface area contributed by atoms with E-state index >= 15 is 0 Å². The summed E-state index contributed by atoms with van der Waals surface area (Å²) in [4.78, 5) is 17.8. The molecule has 0 aliphatic heterocycles. The molecule has 5 nitrogen and oxygen atoms in total. The first-order valence-corrected chi connectivity index (χ1v) is 10.8. The Kier molecular flexibility index (Phi) is 5.24. The van der Waals surface area contributed by atoms with Gasteiger partial charge in [0.15, 0.2) is 5.82 Å². The third kappa shape index (κ3) is 4.21. The summed E-state index contributed by atoms with van der Waals surface area (Å²) in [5.41, 5.74) is 2.65. The molecule has 0 N–H and O–H groups in total. The van der Waals surface area contributed by atoms with Crippen molar-refractivity contribution in [2.45, 2.75) is 6.61 Å². The van der Waals surface area contributed by atoms with Crippen LogP contribution < -0.4 is 14.8 Å². The van der Waals surface area contributed by atoms with Gasteiger partial charge in [-0.3, -0.25) is 4.79 Å². The number of hydrogen-bond acceptors (Lipinski definition) is 5. The van der Waals surface area contributed by atoms with E-state index in [1.807, 2.05) is 72.8 Å². The van der Waals surface area contributed by atoms with Gasteiger partial charge in [0.05, 0.1) is 4.53 Å². The van der Waals surface area contributed by atoms with E-state index in [1.54, 1.807) is 12.1 Å². The summed E-state index contributed by atoms with van der Waals surface area (Å²) in [6, 6.07) is 24.9. The van der Waals surface area contributed by atoms with Crippen LogP contribution in [0.5, 0.6) is 5.75 Å². The van der Waals surface area contributed by atoms with Gasteiger partial charge in [-0.25, -0.2) is 0 Å². The topological polar surface area (TPSA) is 56.5 Å². The Morgan fingerprint density at radius 1 is 0.968 bits per heavy atom. The zero-order chi connectivity index (χ0) is 21.2. The minimum Gasteiger partial charge on any atom is -0.489 e. The lowest BCUT2D eigenvalue weighted by atomic mass is 10.2. The summed E-state index contributed by atoms with van der Waals surface area (Å²) >= 11 is 7.24. The van der Waals surface area contributed by atoms with Gasteiger partial charge in [-0.1, -0.05) is 65.4 Å². The lowest BCUT2D eigenvalue weighted by molar-refractivity contribution is 0.306. The number of ether oxygens (including phenoxy) is 1. The largest absolute Gasteiger partial charge is 0.489 e. The molecule has 0 aliphatic carbocycles. The summed E-state index contributed by atoms with van der Waals surface area (Å²) in [5.74, 6) is 1.28. The van der Waals surface area contributed by atoms with Crippen LogP contribution in [0, 0.1) is 0 Å². The molecule has 152 valence electrons. The predicted molar refractivity (Wildman–Crippen MR) is 124 cm³/mol. The molecule has 2 heterocycles. The predicted octanol–water partition coefficient (Wildman–Crippen LogP) is 4.60. The molecule has 3 aromatic carbocycles. The normalized spacial score (nSPS) is 11.8. The van der Waals surface area contributed by atoms with Crippen molar-refractivity contribution < 1.29 is 4.74 Å². The molecule has 0 saturated carbocycles. The van der Waals surface area contributed by atoms with Gasteiger partial charge in [-0.15, -0.1) is 5.10 Å². The van der Waals surface area contributed by atoms with Crippen LogP contribution in [-0.2, 0) is 6.61 Å². The number of benzene rings is 3.